The zero-order valence-corrected chi connectivity index (χ0v) is 19.9. The minimum atomic E-state index is -0.0534. The van der Waals surface area contributed by atoms with Gasteiger partial charge in [-0.2, -0.15) is 5.10 Å². The van der Waals surface area contributed by atoms with E-state index >= 15 is 0 Å². The molecule has 1 saturated carbocycles. The molecule has 9 heteroatoms. The molecule has 8 nitrogen and oxygen atoms in total. The Morgan fingerprint density at radius 3 is 3.00 bits per heavy atom. The maximum Gasteiger partial charge on any atom is 0.293 e. The predicted molar refractivity (Wildman–Crippen MR) is 132 cm³/mol. The van der Waals surface area contributed by atoms with Crippen molar-refractivity contribution in [1.29, 1.82) is 0 Å². The fraction of sp³-hybridized carbons (Fsp3) is 0.542. The van der Waals surface area contributed by atoms with Crippen LogP contribution in [0.1, 0.15) is 37.1 Å². The predicted octanol–water partition coefficient (Wildman–Crippen LogP) is 3.16. The Kier molecular flexibility index (Phi) is 6.66. The molecule has 5 rings (SSSR count). The van der Waals surface area contributed by atoms with Gasteiger partial charge in [0.2, 0.25) is 0 Å². The summed E-state index contributed by atoms with van der Waals surface area (Å²) < 4.78 is 1.79. The molecule has 0 amide bonds. The lowest BCUT2D eigenvalue weighted by Crippen LogP contribution is -2.38. The van der Waals surface area contributed by atoms with Crippen molar-refractivity contribution < 1.29 is 0 Å². The molecule has 0 radical (unpaired) electrons. The zero-order chi connectivity index (χ0) is 22.8. The molecule has 0 spiro atoms. The van der Waals surface area contributed by atoms with Crippen molar-refractivity contribution in [3.8, 4) is 0 Å². The summed E-state index contributed by atoms with van der Waals surface area (Å²) in [7, 11) is 0. The summed E-state index contributed by atoms with van der Waals surface area (Å²) in [6.45, 7) is 6.95. The number of halogens is 1. The van der Waals surface area contributed by atoms with E-state index in [2.05, 4.69) is 30.7 Å². The summed E-state index contributed by atoms with van der Waals surface area (Å²) in [6, 6.07) is 6.16. The van der Waals surface area contributed by atoms with E-state index in [0.717, 1.165) is 34.8 Å². The van der Waals surface area contributed by atoms with Gasteiger partial charge in [0.25, 0.3) is 5.56 Å². The van der Waals surface area contributed by atoms with Gasteiger partial charge in [-0.15, -0.1) is 0 Å². The van der Waals surface area contributed by atoms with E-state index in [-0.39, 0.29) is 5.56 Å². The second-order valence-corrected chi connectivity index (χ2v) is 9.80. The van der Waals surface area contributed by atoms with Gasteiger partial charge in [-0.05, 0) is 63.3 Å². The van der Waals surface area contributed by atoms with Gasteiger partial charge in [0.05, 0.1) is 11.2 Å². The highest BCUT2D eigenvalue weighted by molar-refractivity contribution is 6.31. The summed E-state index contributed by atoms with van der Waals surface area (Å²) in [5.41, 5.74) is 2.69. The first-order valence-corrected chi connectivity index (χ1v) is 12.3. The quantitative estimate of drug-likeness (QED) is 0.395. The van der Waals surface area contributed by atoms with E-state index in [0.29, 0.717) is 36.5 Å². The maximum absolute atomic E-state index is 13.1. The Balaban J connectivity index is 1.17. The molecule has 0 bridgehead atoms. The average molecular weight is 470 g/mol. The van der Waals surface area contributed by atoms with Crippen molar-refractivity contribution in [3.05, 3.63) is 51.2 Å². The van der Waals surface area contributed by atoms with Crippen molar-refractivity contribution >= 4 is 28.3 Å². The first-order chi connectivity index (χ1) is 16.1. The smallest absolute Gasteiger partial charge is 0.293 e. The molecule has 2 aromatic heterocycles. The Labute approximate surface area is 198 Å². The Hall–Kier alpha value is -2.42. The van der Waals surface area contributed by atoms with Crippen LogP contribution in [0.25, 0.3) is 10.9 Å². The van der Waals surface area contributed by atoms with E-state index in [1.54, 1.807) is 10.8 Å². The number of H-pyrrole nitrogens is 1. The van der Waals surface area contributed by atoms with E-state index in [1.807, 2.05) is 25.1 Å². The number of benzene rings is 1. The highest BCUT2D eigenvalue weighted by Crippen LogP contribution is 2.32. The van der Waals surface area contributed by atoms with Crippen LogP contribution in [0.15, 0.2) is 29.2 Å². The van der Waals surface area contributed by atoms with Crippen LogP contribution in [-0.2, 0) is 13.1 Å². The summed E-state index contributed by atoms with van der Waals surface area (Å²) in [5.74, 6) is 1.35. The van der Waals surface area contributed by atoms with Gasteiger partial charge < -0.3 is 15.2 Å². The molecule has 33 heavy (non-hydrogen) atoms. The van der Waals surface area contributed by atoms with Gasteiger partial charge >= 0.3 is 0 Å². The Morgan fingerprint density at radius 2 is 2.15 bits per heavy atom. The van der Waals surface area contributed by atoms with Gasteiger partial charge in [0.1, 0.15) is 0 Å². The van der Waals surface area contributed by atoms with Crippen molar-refractivity contribution in [2.24, 2.45) is 5.92 Å². The third-order valence-corrected chi connectivity index (χ3v) is 7.09. The normalized spacial score (nSPS) is 18.9. The van der Waals surface area contributed by atoms with Crippen LogP contribution in [-0.4, -0.2) is 56.9 Å². The minimum absolute atomic E-state index is 0.0534. The van der Waals surface area contributed by atoms with Gasteiger partial charge in [-0.1, -0.05) is 11.6 Å². The number of hydrogen-bond acceptors (Lipinski definition) is 6. The number of aromatic amines is 1. The van der Waals surface area contributed by atoms with Crippen LogP contribution in [0, 0.1) is 12.8 Å². The second-order valence-electron chi connectivity index (χ2n) is 9.36. The number of fused-ring (bicyclic) bond motifs is 1. The summed E-state index contributed by atoms with van der Waals surface area (Å²) in [4.78, 5) is 20.1. The minimum Gasteiger partial charge on any atom is -0.364 e. The van der Waals surface area contributed by atoms with E-state index in [4.69, 9.17) is 11.6 Å². The fourth-order valence-corrected chi connectivity index (χ4v) is 4.93. The number of anilines is 1. The lowest BCUT2D eigenvalue weighted by atomic mass is 10.2. The molecule has 2 aliphatic rings. The number of aromatic nitrogens is 4. The van der Waals surface area contributed by atoms with E-state index in [9.17, 15) is 4.79 Å². The lowest BCUT2D eigenvalue weighted by Gasteiger charge is -2.24. The van der Waals surface area contributed by atoms with Crippen molar-refractivity contribution in [1.82, 2.24) is 30.0 Å². The van der Waals surface area contributed by atoms with Crippen LogP contribution in [0.4, 0.5) is 5.82 Å². The second kappa shape index (κ2) is 9.83. The lowest BCUT2D eigenvalue weighted by molar-refractivity contribution is 0.252. The number of rotatable bonds is 10. The topological polar surface area (TPSA) is 90.9 Å². The van der Waals surface area contributed by atoms with Gasteiger partial charge in [0.15, 0.2) is 5.82 Å². The maximum atomic E-state index is 13.1. The van der Waals surface area contributed by atoms with Crippen LogP contribution in [0.2, 0.25) is 5.02 Å². The molecule has 1 aliphatic heterocycles. The molecular weight excluding hydrogens is 438 g/mol. The molecule has 1 saturated heterocycles. The van der Waals surface area contributed by atoms with Crippen molar-refractivity contribution in [2.75, 3.05) is 31.5 Å². The molecule has 3 N–H and O–H groups in total. The monoisotopic (exact) mass is 469 g/mol. The van der Waals surface area contributed by atoms with E-state index in [1.165, 1.54) is 38.8 Å². The third kappa shape index (κ3) is 5.23. The van der Waals surface area contributed by atoms with Crippen LogP contribution in [0.3, 0.4) is 0 Å². The Morgan fingerprint density at radius 1 is 1.27 bits per heavy atom. The number of nitrogens with one attached hydrogen (secondary N) is 3. The molecule has 176 valence electrons. The number of aryl methyl sites for hydroxylation is 1. The SMILES string of the molecule is Cc1cnc(NCC2CCCN2CC2CC2)c(=O)n1CCNCc1[nH]nc2ccc(Cl)cc12. The first-order valence-electron chi connectivity index (χ1n) is 12.0. The van der Waals surface area contributed by atoms with Crippen molar-refractivity contribution in [3.63, 3.8) is 0 Å². The molecular formula is C24H32ClN7O. The van der Waals surface area contributed by atoms with Crippen molar-refractivity contribution in [2.45, 2.75) is 51.7 Å². The summed E-state index contributed by atoms with van der Waals surface area (Å²) in [6.07, 6.45) is 6.97. The summed E-state index contributed by atoms with van der Waals surface area (Å²) in [5, 5.41) is 15.9. The average Bonchev–Trinajstić information content (AvgIpc) is 3.37. The van der Waals surface area contributed by atoms with Gasteiger partial charge in [0, 0.05) is 61.1 Å². The number of likely N-dealkylation sites (tertiary alicyclic amines) is 1. The number of nitrogens with zero attached hydrogens (tertiary/aromatic N) is 4. The standard InChI is InChI=1S/C24H32ClN7O/c1-16-12-27-23(28-13-19-3-2-9-31(19)15-17-4-5-17)24(33)32(16)10-8-26-14-22-20-11-18(25)6-7-21(20)29-30-22/h6-7,11-12,17,19,26H,2-5,8-10,13-15H2,1H3,(H,27,28)(H,29,30). The molecule has 2 fully saturated rings. The highest BCUT2D eigenvalue weighted by Gasteiger charge is 2.31. The zero-order valence-electron chi connectivity index (χ0n) is 19.1. The fourth-order valence-electron chi connectivity index (χ4n) is 4.76. The number of hydrogen-bond donors (Lipinski definition) is 3. The molecule has 3 aromatic rings. The van der Waals surface area contributed by atoms with Crippen LogP contribution >= 0.6 is 11.6 Å². The van der Waals surface area contributed by atoms with Gasteiger partial charge in [-0.25, -0.2) is 4.98 Å². The molecule has 1 unspecified atom stereocenters. The molecule has 1 atom stereocenters. The highest BCUT2D eigenvalue weighted by atomic mass is 35.5. The Bertz CT molecular complexity index is 1170. The van der Waals surface area contributed by atoms with Crippen LogP contribution in [0.5, 0.6) is 0 Å². The molecule has 3 heterocycles. The first kappa shape index (κ1) is 22.4. The summed E-state index contributed by atoms with van der Waals surface area (Å²) >= 11 is 6.12. The molecule has 1 aliphatic carbocycles. The van der Waals surface area contributed by atoms with Crippen LogP contribution < -0.4 is 16.2 Å². The third-order valence-electron chi connectivity index (χ3n) is 6.86. The van der Waals surface area contributed by atoms with E-state index < -0.39 is 0 Å². The molecule has 1 aromatic carbocycles. The largest absolute Gasteiger partial charge is 0.364 e. The van der Waals surface area contributed by atoms with Gasteiger partial charge in [-0.3, -0.25) is 14.8 Å².